The van der Waals surface area contributed by atoms with Crippen molar-refractivity contribution in [1.29, 1.82) is 0 Å². The quantitative estimate of drug-likeness (QED) is 0.862. The van der Waals surface area contributed by atoms with Crippen LogP contribution in [0.2, 0.25) is 0 Å². The molecule has 94 valence electrons. The number of nitrogens with two attached hydrogens (primary N) is 1. The van der Waals surface area contributed by atoms with Gasteiger partial charge in [-0.2, -0.15) is 0 Å². The highest BCUT2D eigenvalue weighted by molar-refractivity contribution is 7.85. The fraction of sp³-hybridized carbons (Fsp3) is 0.143. The SMILES string of the molecule is Nc1cc(F)ccc1S(=O)CCc1ccccc1. The molecular weight excluding hydrogens is 249 g/mol. The van der Waals surface area contributed by atoms with E-state index in [-0.39, 0.29) is 5.69 Å². The van der Waals surface area contributed by atoms with E-state index in [1.807, 2.05) is 30.3 Å². The Bertz CT molecular complexity index is 557. The van der Waals surface area contributed by atoms with Crippen LogP contribution in [-0.2, 0) is 17.2 Å². The summed E-state index contributed by atoms with van der Waals surface area (Å²) in [4.78, 5) is 0.507. The third-order valence-corrected chi connectivity index (χ3v) is 4.07. The van der Waals surface area contributed by atoms with Gasteiger partial charge in [0.2, 0.25) is 0 Å². The number of halogens is 1. The van der Waals surface area contributed by atoms with Crippen LogP contribution in [0.1, 0.15) is 5.56 Å². The molecule has 0 radical (unpaired) electrons. The van der Waals surface area contributed by atoms with E-state index in [1.165, 1.54) is 18.2 Å². The molecule has 0 saturated heterocycles. The van der Waals surface area contributed by atoms with Gasteiger partial charge in [-0.05, 0) is 30.2 Å². The summed E-state index contributed by atoms with van der Waals surface area (Å²) in [6.07, 6.45) is 0.713. The zero-order valence-electron chi connectivity index (χ0n) is 9.80. The molecule has 2 nitrogen and oxygen atoms in total. The van der Waals surface area contributed by atoms with Crippen molar-refractivity contribution < 1.29 is 8.60 Å². The smallest absolute Gasteiger partial charge is 0.125 e. The Kier molecular flexibility index (Phi) is 4.10. The van der Waals surface area contributed by atoms with Crippen LogP contribution in [0.25, 0.3) is 0 Å². The predicted octanol–water partition coefficient (Wildman–Crippen LogP) is 2.76. The molecule has 0 aromatic heterocycles. The van der Waals surface area contributed by atoms with Crippen molar-refractivity contribution in [3.63, 3.8) is 0 Å². The number of hydrogen-bond acceptors (Lipinski definition) is 2. The van der Waals surface area contributed by atoms with Crippen molar-refractivity contribution in [2.45, 2.75) is 11.3 Å². The number of aryl methyl sites for hydroxylation is 1. The molecule has 1 unspecified atom stereocenters. The highest BCUT2D eigenvalue weighted by atomic mass is 32.2. The van der Waals surface area contributed by atoms with E-state index in [0.29, 0.717) is 17.1 Å². The standard InChI is InChI=1S/C14H14FNOS/c15-12-6-7-14(13(16)10-12)18(17)9-8-11-4-2-1-3-5-11/h1-7,10H,8-9,16H2. The van der Waals surface area contributed by atoms with Crippen LogP contribution in [0.5, 0.6) is 0 Å². The van der Waals surface area contributed by atoms with E-state index in [4.69, 9.17) is 5.73 Å². The zero-order chi connectivity index (χ0) is 13.0. The first-order valence-corrected chi connectivity index (χ1v) is 6.96. The van der Waals surface area contributed by atoms with Crippen molar-refractivity contribution in [3.8, 4) is 0 Å². The lowest BCUT2D eigenvalue weighted by atomic mass is 10.2. The maximum Gasteiger partial charge on any atom is 0.125 e. The van der Waals surface area contributed by atoms with Crippen LogP contribution in [0.4, 0.5) is 10.1 Å². The molecule has 0 bridgehead atoms. The lowest BCUT2D eigenvalue weighted by Crippen LogP contribution is -2.04. The van der Waals surface area contributed by atoms with Crippen molar-refractivity contribution in [1.82, 2.24) is 0 Å². The van der Waals surface area contributed by atoms with Crippen molar-refractivity contribution in [3.05, 3.63) is 59.9 Å². The van der Waals surface area contributed by atoms with E-state index in [2.05, 4.69) is 0 Å². The first-order chi connectivity index (χ1) is 8.66. The first-order valence-electron chi connectivity index (χ1n) is 5.64. The molecule has 0 aliphatic carbocycles. The van der Waals surface area contributed by atoms with Crippen LogP contribution in [-0.4, -0.2) is 9.96 Å². The van der Waals surface area contributed by atoms with Crippen molar-refractivity contribution >= 4 is 16.5 Å². The van der Waals surface area contributed by atoms with E-state index >= 15 is 0 Å². The van der Waals surface area contributed by atoms with Gasteiger partial charge in [-0.3, -0.25) is 4.21 Å². The average molecular weight is 263 g/mol. The Morgan fingerprint density at radius 2 is 1.83 bits per heavy atom. The molecule has 4 heteroatoms. The second-order valence-electron chi connectivity index (χ2n) is 3.97. The summed E-state index contributed by atoms with van der Waals surface area (Å²) in [5.74, 6) is 0.0798. The van der Waals surface area contributed by atoms with Gasteiger partial charge in [0, 0.05) is 5.75 Å². The summed E-state index contributed by atoms with van der Waals surface area (Å²) in [5, 5.41) is 0. The monoisotopic (exact) mass is 263 g/mol. The Morgan fingerprint density at radius 3 is 2.50 bits per heavy atom. The van der Waals surface area contributed by atoms with Crippen LogP contribution >= 0.6 is 0 Å². The average Bonchev–Trinajstić information content (AvgIpc) is 2.37. The van der Waals surface area contributed by atoms with E-state index < -0.39 is 16.6 Å². The lowest BCUT2D eigenvalue weighted by molar-refractivity contribution is 0.627. The molecule has 0 fully saturated rings. The fourth-order valence-electron chi connectivity index (χ4n) is 1.69. The first kappa shape index (κ1) is 12.8. The zero-order valence-corrected chi connectivity index (χ0v) is 10.6. The van der Waals surface area contributed by atoms with Gasteiger partial charge < -0.3 is 5.73 Å². The van der Waals surface area contributed by atoms with Crippen LogP contribution in [0.3, 0.4) is 0 Å². The molecule has 0 saturated carbocycles. The van der Waals surface area contributed by atoms with Gasteiger partial charge in [0.05, 0.1) is 21.4 Å². The van der Waals surface area contributed by atoms with Crippen LogP contribution < -0.4 is 5.73 Å². The molecule has 2 N–H and O–H groups in total. The molecule has 2 aromatic rings. The molecule has 0 spiro atoms. The van der Waals surface area contributed by atoms with Gasteiger partial charge >= 0.3 is 0 Å². The second kappa shape index (κ2) is 5.78. The van der Waals surface area contributed by atoms with Crippen molar-refractivity contribution in [2.24, 2.45) is 0 Å². The van der Waals surface area contributed by atoms with Gasteiger partial charge in [0.25, 0.3) is 0 Å². The summed E-state index contributed by atoms with van der Waals surface area (Å²) >= 11 is 0. The number of benzene rings is 2. The molecular formula is C14H14FNOS. The minimum absolute atomic E-state index is 0.251. The summed E-state index contributed by atoms with van der Waals surface area (Å²) < 4.78 is 24.9. The Balaban J connectivity index is 2.04. The molecule has 1 atom stereocenters. The van der Waals surface area contributed by atoms with E-state index in [9.17, 15) is 8.60 Å². The van der Waals surface area contributed by atoms with E-state index in [0.717, 1.165) is 5.56 Å². The highest BCUT2D eigenvalue weighted by Gasteiger charge is 2.08. The third-order valence-electron chi connectivity index (χ3n) is 2.64. The molecule has 2 rings (SSSR count). The lowest BCUT2D eigenvalue weighted by Gasteiger charge is -2.06. The molecule has 0 heterocycles. The molecule has 2 aromatic carbocycles. The summed E-state index contributed by atoms with van der Waals surface area (Å²) in [5.41, 5.74) is 7.04. The van der Waals surface area contributed by atoms with Gasteiger partial charge in [0.1, 0.15) is 5.82 Å². The predicted molar refractivity (Wildman–Crippen MR) is 72.2 cm³/mol. The summed E-state index contributed by atoms with van der Waals surface area (Å²) in [6, 6.07) is 13.8. The Morgan fingerprint density at radius 1 is 1.11 bits per heavy atom. The van der Waals surface area contributed by atoms with Gasteiger partial charge in [-0.15, -0.1) is 0 Å². The highest BCUT2D eigenvalue weighted by Crippen LogP contribution is 2.18. The van der Waals surface area contributed by atoms with Gasteiger partial charge in [0.15, 0.2) is 0 Å². The normalized spacial score (nSPS) is 12.3. The second-order valence-corrected chi connectivity index (χ2v) is 5.51. The minimum Gasteiger partial charge on any atom is -0.398 e. The Labute approximate surface area is 108 Å². The van der Waals surface area contributed by atoms with Gasteiger partial charge in [-0.25, -0.2) is 4.39 Å². The molecule has 0 aliphatic heterocycles. The maximum absolute atomic E-state index is 12.9. The summed E-state index contributed by atoms with van der Waals surface area (Å²) in [7, 11) is -1.20. The van der Waals surface area contributed by atoms with Crippen molar-refractivity contribution in [2.75, 3.05) is 11.5 Å². The van der Waals surface area contributed by atoms with Crippen LogP contribution in [0, 0.1) is 5.82 Å². The fourth-order valence-corrected chi connectivity index (χ4v) is 2.87. The summed E-state index contributed by atoms with van der Waals surface area (Å²) in [6.45, 7) is 0. The number of rotatable bonds is 4. The van der Waals surface area contributed by atoms with E-state index in [1.54, 1.807) is 0 Å². The molecule has 18 heavy (non-hydrogen) atoms. The molecule has 0 amide bonds. The minimum atomic E-state index is -1.20. The Hall–Kier alpha value is -1.68. The largest absolute Gasteiger partial charge is 0.398 e. The molecule has 0 aliphatic rings. The number of nitrogen functional groups attached to an aromatic ring is 1. The maximum atomic E-state index is 12.9. The van der Waals surface area contributed by atoms with Gasteiger partial charge in [-0.1, -0.05) is 30.3 Å². The number of anilines is 1. The third kappa shape index (κ3) is 3.17. The topological polar surface area (TPSA) is 43.1 Å². The number of hydrogen-bond donors (Lipinski definition) is 1. The van der Waals surface area contributed by atoms with Crippen LogP contribution in [0.15, 0.2) is 53.4 Å².